The van der Waals surface area contributed by atoms with Crippen molar-refractivity contribution in [1.82, 2.24) is 4.90 Å². The average molecular weight is 411 g/mol. The van der Waals surface area contributed by atoms with Crippen molar-refractivity contribution >= 4 is 23.3 Å². The highest BCUT2D eigenvalue weighted by Gasteiger charge is 2.26. The van der Waals surface area contributed by atoms with Crippen molar-refractivity contribution in [3.8, 4) is 0 Å². The molecule has 0 radical (unpaired) electrons. The highest BCUT2D eigenvalue weighted by molar-refractivity contribution is 5.99. The van der Waals surface area contributed by atoms with E-state index < -0.39 is 10.9 Å². The van der Waals surface area contributed by atoms with E-state index in [9.17, 15) is 19.7 Å². The lowest BCUT2D eigenvalue weighted by Gasteiger charge is -2.37. The summed E-state index contributed by atoms with van der Waals surface area (Å²) in [5, 5.41) is 11.3. The second-order valence-corrected chi connectivity index (χ2v) is 7.24. The molecule has 8 heteroatoms. The topological polar surface area (TPSA) is 93.0 Å². The maximum absolute atomic E-state index is 13.0. The van der Waals surface area contributed by atoms with Crippen molar-refractivity contribution < 1.29 is 19.2 Å². The monoisotopic (exact) mass is 411 g/mol. The van der Waals surface area contributed by atoms with E-state index in [4.69, 9.17) is 4.74 Å². The first-order valence-corrected chi connectivity index (χ1v) is 9.89. The molecule has 3 rings (SSSR count). The van der Waals surface area contributed by atoms with Crippen LogP contribution in [0.4, 0.5) is 11.4 Å². The zero-order valence-corrected chi connectivity index (χ0v) is 17.4. The van der Waals surface area contributed by atoms with Gasteiger partial charge in [-0.3, -0.25) is 14.9 Å². The van der Waals surface area contributed by atoms with Crippen LogP contribution in [0.3, 0.4) is 0 Å². The molecule has 30 heavy (non-hydrogen) atoms. The van der Waals surface area contributed by atoms with Crippen molar-refractivity contribution in [3.63, 3.8) is 0 Å². The van der Waals surface area contributed by atoms with Crippen LogP contribution in [0.1, 0.15) is 38.8 Å². The molecule has 1 heterocycles. The van der Waals surface area contributed by atoms with Crippen LogP contribution in [0, 0.1) is 24.0 Å². The molecular weight excluding hydrogens is 386 g/mol. The van der Waals surface area contributed by atoms with Crippen LogP contribution in [-0.2, 0) is 4.74 Å². The summed E-state index contributed by atoms with van der Waals surface area (Å²) in [5.74, 6) is -1.01. The van der Waals surface area contributed by atoms with Gasteiger partial charge in [0.05, 0.1) is 17.1 Å². The molecule has 2 aromatic carbocycles. The third-order valence-electron chi connectivity index (χ3n) is 5.37. The van der Waals surface area contributed by atoms with Crippen molar-refractivity contribution in [3.05, 3.63) is 68.8 Å². The number of nitro benzene ring substituents is 1. The Morgan fingerprint density at radius 1 is 1.07 bits per heavy atom. The standard InChI is InChI=1S/C22H25N3O5/c1-4-30-22(27)18-12-17(13-19(14-18)25(28)29)21(26)24-10-8-23(9-11-24)20-7-5-6-15(2)16(20)3/h5-7,12-14H,4,8-11H2,1-3H3. The van der Waals surface area contributed by atoms with Gasteiger partial charge in [0.1, 0.15) is 0 Å². The molecule has 1 aliphatic heterocycles. The molecule has 0 atom stereocenters. The number of anilines is 1. The van der Waals surface area contributed by atoms with Crippen LogP contribution in [-0.4, -0.2) is 54.5 Å². The summed E-state index contributed by atoms with van der Waals surface area (Å²) in [6.45, 7) is 8.25. The van der Waals surface area contributed by atoms with Crippen molar-refractivity contribution in [1.29, 1.82) is 0 Å². The number of carbonyl (C=O) groups excluding carboxylic acids is 2. The molecule has 8 nitrogen and oxygen atoms in total. The number of amides is 1. The van der Waals surface area contributed by atoms with E-state index >= 15 is 0 Å². The highest BCUT2D eigenvalue weighted by atomic mass is 16.6. The molecule has 1 fully saturated rings. The number of hydrogen-bond acceptors (Lipinski definition) is 6. The summed E-state index contributed by atoms with van der Waals surface area (Å²) in [6.07, 6.45) is 0. The van der Waals surface area contributed by atoms with Gasteiger partial charge in [-0.25, -0.2) is 4.79 Å². The van der Waals surface area contributed by atoms with Gasteiger partial charge < -0.3 is 14.5 Å². The predicted molar refractivity (Wildman–Crippen MR) is 113 cm³/mol. The summed E-state index contributed by atoms with van der Waals surface area (Å²) < 4.78 is 4.93. The summed E-state index contributed by atoms with van der Waals surface area (Å²) in [4.78, 5) is 39.6. The van der Waals surface area contributed by atoms with Crippen LogP contribution < -0.4 is 4.90 Å². The van der Waals surface area contributed by atoms with E-state index in [0.717, 1.165) is 11.8 Å². The normalized spacial score (nSPS) is 13.8. The number of nitrogens with zero attached hydrogens (tertiary/aromatic N) is 3. The molecule has 0 bridgehead atoms. The first-order valence-electron chi connectivity index (χ1n) is 9.89. The smallest absolute Gasteiger partial charge is 0.338 e. The first-order chi connectivity index (χ1) is 14.3. The number of rotatable bonds is 5. The maximum atomic E-state index is 13.0. The van der Waals surface area contributed by atoms with Gasteiger partial charge in [0.15, 0.2) is 0 Å². The molecule has 0 N–H and O–H groups in total. The summed E-state index contributed by atoms with van der Waals surface area (Å²) >= 11 is 0. The van der Waals surface area contributed by atoms with Crippen molar-refractivity contribution in [2.45, 2.75) is 20.8 Å². The minimum absolute atomic E-state index is 0.00317. The highest BCUT2D eigenvalue weighted by Crippen LogP contribution is 2.25. The van der Waals surface area contributed by atoms with Gasteiger partial charge in [-0.1, -0.05) is 12.1 Å². The predicted octanol–water partition coefficient (Wildman–Crippen LogP) is 3.35. The van der Waals surface area contributed by atoms with Gasteiger partial charge in [-0.15, -0.1) is 0 Å². The number of aryl methyl sites for hydroxylation is 1. The molecule has 0 aliphatic carbocycles. The van der Waals surface area contributed by atoms with E-state index in [1.165, 1.54) is 23.3 Å². The second kappa shape index (κ2) is 8.94. The maximum Gasteiger partial charge on any atom is 0.338 e. The number of ether oxygens (including phenoxy) is 1. The van der Waals surface area contributed by atoms with Crippen LogP contribution in [0.25, 0.3) is 0 Å². The fourth-order valence-electron chi connectivity index (χ4n) is 3.58. The van der Waals surface area contributed by atoms with E-state index in [1.807, 2.05) is 6.07 Å². The van der Waals surface area contributed by atoms with Gasteiger partial charge in [-0.05, 0) is 44.0 Å². The lowest BCUT2D eigenvalue weighted by atomic mass is 10.1. The summed E-state index contributed by atoms with van der Waals surface area (Å²) in [6, 6.07) is 9.88. The van der Waals surface area contributed by atoms with E-state index in [0.29, 0.717) is 26.2 Å². The number of hydrogen-bond donors (Lipinski definition) is 0. The Morgan fingerprint density at radius 2 is 1.73 bits per heavy atom. The Morgan fingerprint density at radius 3 is 2.37 bits per heavy atom. The number of benzene rings is 2. The lowest BCUT2D eigenvalue weighted by Crippen LogP contribution is -2.49. The SMILES string of the molecule is CCOC(=O)c1cc(C(=O)N2CCN(c3cccc(C)c3C)CC2)cc([N+](=O)[O-])c1. The van der Waals surface area contributed by atoms with Crippen LogP contribution >= 0.6 is 0 Å². The van der Waals surface area contributed by atoms with Crippen LogP contribution in [0.2, 0.25) is 0 Å². The van der Waals surface area contributed by atoms with Gasteiger partial charge in [-0.2, -0.15) is 0 Å². The Kier molecular flexibility index (Phi) is 6.34. The molecule has 0 spiro atoms. The number of esters is 1. The fraction of sp³-hybridized carbons (Fsp3) is 0.364. The number of nitro groups is 1. The largest absolute Gasteiger partial charge is 0.462 e. The van der Waals surface area contributed by atoms with Crippen molar-refractivity contribution in [2.75, 3.05) is 37.7 Å². The molecule has 1 amide bonds. The van der Waals surface area contributed by atoms with E-state index in [2.05, 4.69) is 30.9 Å². The Balaban J connectivity index is 1.78. The average Bonchev–Trinajstić information content (AvgIpc) is 2.75. The third-order valence-corrected chi connectivity index (χ3v) is 5.37. The molecule has 0 unspecified atom stereocenters. The molecule has 0 aromatic heterocycles. The van der Waals surface area contributed by atoms with Gasteiger partial charge >= 0.3 is 5.97 Å². The number of piperazine rings is 1. The lowest BCUT2D eigenvalue weighted by molar-refractivity contribution is -0.384. The summed E-state index contributed by atoms with van der Waals surface area (Å²) in [5.41, 5.74) is 3.40. The van der Waals surface area contributed by atoms with Gasteiger partial charge in [0.25, 0.3) is 11.6 Å². The molecule has 158 valence electrons. The number of non-ortho nitro benzene ring substituents is 1. The Bertz CT molecular complexity index is 981. The van der Waals surface area contributed by atoms with E-state index in [1.54, 1.807) is 11.8 Å². The Labute approximate surface area is 175 Å². The molecule has 2 aromatic rings. The summed E-state index contributed by atoms with van der Waals surface area (Å²) in [7, 11) is 0. The molecular formula is C22H25N3O5. The van der Waals surface area contributed by atoms with Gasteiger partial charge in [0, 0.05) is 49.6 Å². The van der Waals surface area contributed by atoms with Crippen LogP contribution in [0.5, 0.6) is 0 Å². The second-order valence-electron chi connectivity index (χ2n) is 7.24. The molecule has 0 saturated carbocycles. The minimum Gasteiger partial charge on any atom is -0.462 e. The van der Waals surface area contributed by atoms with Gasteiger partial charge in [0.2, 0.25) is 0 Å². The fourth-order valence-corrected chi connectivity index (χ4v) is 3.58. The number of carbonyl (C=O) groups is 2. The van der Waals surface area contributed by atoms with E-state index in [-0.39, 0.29) is 29.3 Å². The molecule has 1 saturated heterocycles. The quantitative estimate of drug-likeness (QED) is 0.426. The van der Waals surface area contributed by atoms with Crippen LogP contribution in [0.15, 0.2) is 36.4 Å². The van der Waals surface area contributed by atoms with Crippen molar-refractivity contribution in [2.24, 2.45) is 0 Å². The minimum atomic E-state index is -0.685. The molecule has 1 aliphatic rings. The zero-order chi connectivity index (χ0) is 21.8. The third kappa shape index (κ3) is 4.42. The first kappa shape index (κ1) is 21.3. The zero-order valence-electron chi connectivity index (χ0n) is 17.4. The Hall–Kier alpha value is -3.42.